The molecule has 7 heteroatoms. The molecule has 8 rings (SSSR count). The van der Waals surface area contributed by atoms with Gasteiger partial charge in [-0.3, -0.25) is 0 Å². The summed E-state index contributed by atoms with van der Waals surface area (Å²) in [6.45, 7) is 15.6. The van der Waals surface area contributed by atoms with Crippen LogP contribution in [0.4, 0.5) is 13.2 Å². The molecule has 0 heterocycles. The third kappa shape index (κ3) is 13.5. The Kier molecular flexibility index (Phi) is 16.5. The van der Waals surface area contributed by atoms with Gasteiger partial charge < -0.3 is 0 Å². The van der Waals surface area contributed by atoms with E-state index in [0.717, 1.165) is 12.8 Å². The summed E-state index contributed by atoms with van der Waals surface area (Å²) in [7, 11) is 10.3. The number of hydrogen-bond donors (Lipinski definition) is 0. The van der Waals surface area contributed by atoms with Crippen LogP contribution in [0, 0.1) is 10.8 Å². The molecule has 59 heavy (non-hydrogen) atoms. The fourth-order valence-corrected chi connectivity index (χ4v) is 8.21. The van der Waals surface area contributed by atoms with Crippen molar-refractivity contribution in [3.63, 3.8) is 0 Å². The Hall–Kier alpha value is -3.47. The van der Waals surface area contributed by atoms with E-state index in [1.165, 1.54) is 76.5 Å². The molecule has 0 fully saturated rings. The monoisotopic (exact) mass is 922 g/mol. The predicted molar refractivity (Wildman–Crippen MR) is 250 cm³/mol. The first kappa shape index (κ1) is 46.6. The van der Waals surface area contributed by atoms with Gasteiger partial charge in [0.15, 0.2) is 0 Å². The van der Waals surface area contributed by atoms with Crippen LogP contribution in [0.2, 0.25) is 12.6 Å². The Morgan fingerprint density at radius 2 is 0.847 bits per heavy atom. The van der Waals surface area contributed by atoms with Crippen LogP contribution < -0.4 is 0 Å². The molecule has 8 aromatic rings. The third-order valence-electron chi connectivity index (χ3n) is 9.91. The van der Waals surface area contributed by atoms with E-state index in [4.69, 9.17) is 17.0 Å². The van der Waals surface area contributed by atoms with Crippen molar-refractivity contribution in [3.05, 3.63) is 157 Å². The molecule has 304 valence electrons. The zero-order valence-electron chi connectivity index (χ0n) is 35.1. The number of benzene rings is 6. The van der Waals surface area contributed by atoms with Crippen LogP contribution in [0.3, 0.4) is 0 Å². The number of hydrogen-bond acceptors (Lipinski definition) is 0. The maximum absolute atomic E-state index is 11.2. The number of alkyl halides is 3. The van der Waals surface area contributed by atoms with Crippen LogP contribution in [-0.4, -0.2) is 15.7 Å². The molecule has 0 aliphatic heterocycles. The van der Waals surface area contributed by atoms with E-state index < -0.39 is 33.4 Å². The van der Waals surface area contributed by atoms with Gasteiger partial charge in [-0.05, 0) is 56.3 Å². The molecule has 0 bridgehead atoms. The van der Waals surface area contributed by atoms with Crippen molar-refractivity contribution < 1.29 is 34.0 Å². The Labute approximate surface area is 370 Å². The first-order valence-electron chi connectivity index (χ1n) is 20.0. The van der Waals surface area contributed by atoms with E-state index in [-0.39, 0.29) is 6.04 Å². The first-order valence-corrected chi connectivity index (χ1v) is 28.0. The summed E-state index contributed by atoms with van der Waals surface area (Å²) in [5, 5.41) is 10.7. The average Bonchev–Trinajstić information content (AvgIpc) is 3.78. The normalized spacial score (nSPS) is 11.7. The fraction of sp³-hybridized carbons (Fsp3) is 0.269. The molecule has 0 saturated heterocycles. The molecular weight excluding hydrogens is 872 g/mol. The van der Waals surface area contributed by atoms with Gasteiger partial charge in [-0.25, -0.2) is 0 Å². The molecule has 0 amide bonds. The molecule has 0 nitrogen and oxygen atoms in total. The Balaban J connectivity index is 0.000000180. The first-order chi connectivity index (χ1) is 28.0. The van der Waals surface area contributed by atoms with E-state index in [2.05, 4.69) is 187 Å². The van der Waals surface area contributed by atoms with Gasteiger partial charge in [0.25, 0.3) is 0 Å². The molecule has 0 aromatic heterocycles. The zero-order chi connectivity index (χ0) is 42.8. The summed E-state index contributed by atoms with van der Waals surface area (Å²) in [6, 6.07) is 53.6. The third-order valence-corrected chi connectivity index (χ3v) is 10.7. The van der Waals surface area contributed by atoms with Crippen LogP contribution in [0.25, 0.3) is 65.3 Å². The van der Waals surface area contributed by atoms with Crippen molar-refractivity contribution in [2.45, 2.75) is 79.6 Å². The van der Waals surface area contributed by atoms with Crippen molar-refractivity contribution in [1.29, 1.82) is 0 Å². The Bertz CT molecular complexity index is 2390. The van der Waals surface area contributed by atoms with Gasteiger partial charge in [0, 0.05) is 15.9 Å². The summed E-state index contributed by atoms with van der Waals surface area (Å²) < 4.78 is 33.7. The average molecular weight is 925 g/mol. The van der Waals surface area contributed by atoms with E-state index in [1.54, 1.807) is 6.55 Å². The molecule has 0 aliphatic rings. The number of halogens is 5. The van der Waals surface area contributed by atoms with Crippen LogP contribution in [0.15, 0.2) is 146 Å². The number of rotatable bonds is 6. The molecule has 0 unspecified atom stereocenters. The van der Waals surface area contributed by atoms with Gasteiger partial charge in [-0.15, -0.1) is 69.1 Å². The SMILES string of the molecule is CC(C)(C)Cc1cc2c(-c3cccc4ccccc34)cccc2[cH-]1.CC(C)(C)Cc1cc2c(-c3cccc4ccccc34)cccc2[cH-]1.C[Si]CCC(F)(F)F.[Cl][Zr+2][Cl]. The molecular formula is C52H53Cl2F3SiZr. The summed E-state index contributed by atoms with van der Waals surface area (Å²) in [5.74, 6) is 0. The molecule has 2 radical (unpaired) electrons. The van der Waals surface area contributed by atoms with Gasteiger partial charge >= 0.3 is 44.1 Å². The summed E-state index contributed by atoms with van der Waals surface area (Å²) in [5.41, 5.74) is 8.82. The Morgan fingerprint density at radius 1 is 0.508 bits per heavy atom. The van der Waals surface area contributed by atoms with Gasteiger partial charge in [0.1, 0.15) is 0 Å². The minimum absolute atomic E-state index is 0.281. The molecule has 0 aliphatic carbocycles. The van der Waals surface area contributed by atoms with Gasteiger partial charge in [-0.2, -0.15) is 25.3 Å². The maximum atomic E-state index is 11.2. The van der Waals surface area contributed by atoms with Crippen LogP contribution in [0.1, 0.15) is 59.1 Å². The van der Waals surface area contributed by atoms with E-state index in [0.29, 0.717) is 20.3 Å². The number of fused-ring (bicyclic) bond motifs is 4. The van der Waals surface area contributed by atoms with E-state index >= 15 is 0 Å². The van der Waals surface area contributed by atoms with Crippen molar-refractivity contribution in [3.8, 4) is 22.3 Å². The predicted octanol–water partition coefficient (Wildman–Crippen LogP) is 17.4. The van der Waals surface area contributed by atoms with Crippen LogP contribution in [0.5, 0.6) is 0 Å². The summed E-state index contributed by atoms with van der Waals surface area (Å²) in [4.78, 5) is 0. The summed E-state index contributed by atoms with van der Waals surface area (Å²) >= 11 is -0.826. The fourth-order valence-electron chi connectivity index (χ4n) is 7.68. The van der Waals surface area contributed by atoms with Gasteiger partial charge in [0.05, 0.1) is 0 Å². The summed E-state index contributed by atoms with van der Waals surface area (Å²) in [6.07, 6.45) is -2.35. The molecule has 0 N–H and O–H groups in total. The molecule has 8 aromatic carbocycles. The van der Waals surface area contributed by atoms with Crippen LogP contribution in [-0.2, 0) is 33.7 Å². The minimum atomic E-state index is -3.94. The van der Waals surface area contributed by atoms with Crippen molar-refractivity contribution in [2.24, 2.45) is 10.8 Å². The van der Waals surface area contributed by atoms with E-state index in [9.17, 15) is 13.2 Å². The zero-order valence-corrected chi connectivity index (χ0v) is 40.0. The molecule has 0 saturated carbocycles. The van der Waals surface area contributed by atoms with Gasteiger partial charge in [-0.1, -0.05) is 162 Å². The van der Waals surface area contributed by atoms with Crippen molar-refractivity contribution in [2.75, 3.05) is 0 Å². The second kappa shape index (κ2) is 20.9. The van der Waals surface area contributed by atoms with Crippen molar-refractivity contribution in [1.82, 2.24) is 0 Å². The second-order valence-electron chi connectivity index (χ2n) is 17.4. The topological polar surface area (TPSA) is 0 Å². The Morgan fingerprint density at radius 3 is 1.19 bits per heavy atom. The molecule has 0 spiro atoms. The standard InChI is InChI=1S/2C24H23.C4H7F3Si.2ClH.Zr/c2*1-24(2,3)16-17-14-19-10-7-13-22(23(19)15-17)21-12-6-9-18-8-4-5-11-20(18)21;1-8-3-2-4(5,6)7;;;/h2*4-15H,16H2,1-3H3;2-3H2,1H3;2*1H;/q2*-1;;;;+4/p-2. The van der Waals surface area contributed by atoms with Crippen LogP contribution >= 0.6 is 17.0 Å². The van der Waals surface area contributed by atoms with Crippen molar-refractivity contribution >= 4 is 69.6 Å². The second-order valence-corrected chi connectivity index (χ2v) is 22.4. The quantitative estimate of drug-likeness (QED) is 0.115. The van der Waals surface area contributed by atoms with E-state index in [1.807, 2.05) is 0 Å². The molecule has 0 atom stereocenters. The van der Waals surface area contributed by atoms with Gasteiger partial charge in [0.2, 0.25) is 0 Å².